The maximum absolute atomic E-state index is 11.0. The van der Waals surface area contributed by atoms with Gasteiger partial charge < -0.3 is 5.11 Å². The van der Waals surface area contributed by atoms with E-state index in [0.29, 0.717) is 5.75 Å². The van der Waals surface area contributed by atoms with Gasteiger partial charge in [-0.3, -0.25) is 0 Å². The van der Waals surface area contributed by atoms with E-state index < -0.39 is 7.92 Å². The van der Waals surface area contributed by atoms with E-state index in [0.717, 1.165) is 23.7 Å². The van der Waals surface area contributed by atoms with E-state index in [4.69, 9.17) is 0 Å². The van der Waals surface area contributed by atoms with Gasteiger partial charge in [0.05, 0.1) is 0 Å². The molecule has 0 atom stereocenters. The second-order valence-corrected chi connectivity index (χ2v) is 12.4. The van der Waals surface area contributed by atoms with Crippen LogP contribution in [0.2, 0.25) is 0 Å². The molecular weight excluding hydrogens is 383 g/mol. The Morgan fingerprint density at radius 2 is 1.07 bits per heavy atom. The van der Waals surface area contributed by atoms with Crippen molar-refractivity contribution in [3.05, 3.63) is 89.5 Å². The molecule has 0 aliphatic rings. The Bertz CT molecular complexity index is 889. The molecule has 0 amide bonds. The molecule has 0 aliphatic heterocycles. The summed E-state index contributed by atoms with van der Waals surface area (Å²) < 4.78 is 0. The molecule has 0 aliphatic carbocycles. The SMILES string of the molecule is CC(C)(C)c1cc(CCP(c2ccccc2)c2ccccc2)cc(C(C)(C)C)c1O. The van der Waals surface area contributed by atoms with E-state index >= 15 is 0 Å². The molecule has 0 radical (unpaired) electrons. The van der Waals surface area contributed by atoms with Gasteiger partial charge in [-0.05, 0) is 58.6 Å². The van der Waals surface area contributed by atoms with Crippen molar-refractivity contribution in [2.45, 2.75) is 58.8 Å². The summed E-state index contributed by atoms with van der Waals surface area (Å²) in [5.41, 5.74) is 3.23. The Hall–Kier alpha value is -2.11. The van der Waals surface area contributed by atoms with Crippen molar-refractivity contribution >= 4 is 18.5 Å². The summed E-state index contributed by atoms with van der Waals surface area (Å²) in [5, 5.41) is 13.9. The van der Waals surface area contributed by atoms with Crippen molar-refractivity contribution in [1.29, 1.82) is 0 Å². The van der Waals surface area contributed by atoms with Gasteiger partial charge in [0.15, 0.2) is 0 Å². The molecule has 3 aromatic rings. The van der Waals surface area contributed by atoms with Gasteiger partial charge in [-0.2, -0.15) is 0 Å². The Morgan fingerprint density at radius 3 is 1.43 bits per heavy atom. The number of hydrogen-bond acceptors (Lipinski definition) is 1. The molecule has 0 saturated carbocycles. The van der Waals surface area contributed by atoms with Crippen LogP contribution >= 0.6 is 7.92 Å². The fraction of sp³-hybridized carbons (Fsp3) is 0.357. The normalized spacial score (nSPS) is 12.4. The molecule has 158 valence electrons. The van der Waals surface area contributed by atoms with Gasteiger partial charge in [-0.15, -0.1) is 0 Å². The van der Waals surface area contributed by atoms with Crippen LogP contribution in [-0.2, 0) is 17.3 Å². The predicted octanol–water partition coefficient (Wildman–Crippen LogP) is 6.66. The van der Waals surface area contributed by atoms with Crippen LogP contribution in [0.5, 0.6) is 5.75 Å². The molecule has 0 fully saturated rings. The standard InChI is InChI=1S/C28H35OP/c1-27(2,3)24-19-21(20-25(26(24)29)28(4,5)6)17-18-30(22-13-9-7-10-14-22)23-15-11-8-12-16-23/h7-16,19-20,29H,17-18H2,1-6H3. The van der Waals surface area contributed by atoms with Crippen LogP contribution in [0.4, 0.5) is 0 Å². The Balaban J connectivity index is 1.98. The highest BCUT2D eigenvalue weighted by atomic mass is 31.1. The molecule has 30 heavy (non-hydrogen) atoms. The molecule has 1 nitrogen and oxygen atoms in total. The lowest BCUT2D eigenvalue weighted by molar-refractivity contribution is 0.422. The fourth-order valence-corrected chi connectivity index (χ4v) is 6.21. The average molecular weight is 419 g/mol. The third-order valence-corrected chi connectivity index (χ3v) is 8.06. The molecule has 0 saturated heterocycles. The van der Waals surface area contributed by atoms with Gasteiger partial charge in [-0.1, -0.05) is 114 Å². The van der Waals surface area contributed by atoms with Crippen LogP contribution in [0, 0.1) is 0 Å². The number of rotatable bonds is 5. The van der Waals surface area contributed by atoms with E-state index in [9.17, 15) is 5.11 Å². The van der Waals surface area contributed by atoms with Crippen LogP contribution in [0.25, 0.3) is 0 Å². The zero-order valence-electron chi connectivity index (χ0n) is 19.2. The van der Waals surface area contributed by atoms with Crippen molar-refractivity contribution < 1.29 is 5.11 Å². The first kappa shape index (κ1) is 22.6. The van der Waals surface area contributed by atoms with Gasteiger partial charge in [0.2, 0.25) is 0 Å². The first-order valence-corrected chi connectivity index (χ1v) is 12.3. The molecular formula is C28H35OP. The number of aryl methyl sites for hydroxylation is 1. The highest BCUT2D eigenvalue weighted by Crippen LogP contribution is 2.41. The van der Waals surface area contributed by atoms with E-state index in [2.05, 4.69) is 114 Å². The minimum Gasteiger partial charge on any atom is -0.507 e. The highest BCUT2D eigenvalue weighted by molar-refractivity contribution is 7.73. The van der Waals surface area contributed by atoms with Gasteiger partial charge in [0.25, 0.3) is 0 Å². The maximum Gasteiger partial charge on any atom is 0.123 e. The predicted molar refractivity (Wildman–Crippen MR) is 133 cm³/mol. The van der Waals surface area contributed by atoms with E-state index in [1.807, 2.05) is 0 Å². The van der Waals surface area contributed by atoms with Crippen LogP contribution in [-0.4, -0.2) is 11.3 Å². The topological polar surface area (TPSA) is 20.2 Å². The smallest absolute Gasteiger partial charge is 0.123 e. The van der Waals surface area contributed by atoms with Crippen molar-refractivity contribution in [3.8, 4) is 5.75 Å². The minimum atomic E-state index is -0.420. The first-order valence-electron chi connectivity index (χ1n) is 10.8. The largest absolute Gasteiger partial charge is 0.507 e. The molecule has 0 heterocycles. The monoisotopic (exact) mass is 418 g/mol. The second kappa shape index (κ2) is 8.94. The molecule has 3 rings (SSSR count). The Labute approximate surface area is 183 Å². The summed E-state index contributed by atoms with van der Waals surface area (Å²) in [7, 11) is -0.420. The minimum absolute atomic E-state index is 0.0936. The van der Waals surface area contributed by atoms with Crippen LogP contribution < -0.4 is 10.6 Å². The van der Waals surface area contributed by atoms with Crippen LogP contribution in [0.1, 0.15) is 58.2 Å². The molecule has 0 aromatic heterocycles. The zero-order chi connectivity index (χ0) is 21.9. The lowest BCUT2D eigenvalue weighted by atomic mass is 9.78. The summed E-state index contributed by atoms with van der Waals surface area (Å²) >= 11 is 0. The molecule has 3 aromatic carbocycles. The Kier molecular flexibility index (Phi) is 6.73. The van der Waals surface area contributed by atoms with Gasteiger partial charge >= 0.3 is 0 Å². The molecule has 0 unspecified atom stereocenters. The average Bonchev–Trinajstić information content (AvgIpc) is 2.69. The van der Waals surface area contributed by atoms with Crippen molar-refractivity contribution in [2.75, 3.05) is 6.16 Å². The first-order chi connectivity index (χ1) is 14.1. The summed E-state index contributed by atoms with van der Waals surface area (Å²) in [6, 6.07) is 26.3. The number of benzene rings is 3. The third-order valence-electron chi connectivity index (χ3n) is 5.55. The lowest BCUT2D eigenvalue weighted by Gasteiger charge is -2.28. The third kappa shape index (κ3) is 5.32. The summed E-state index contributed by atoms with van der Waals surface area (Å²) in [5.74, 6) is 0.465. The number of aromatic hydroxyl groups is 1. The fourth-order valence-electron chi connectivity index (χ4n) is 3.85. The lowest BCUT2D eigenvalue weighted by Crippen LogP contribution is -2.19. The zero-order valence-corrected chi connectivity index (χ0v) is 20.1. The number of phenols is 1. The summed E-state index contributed by atoms with van der Waals surface area (Å²) in [6.45, 7) is 13.1. The quantitative estimate of drug-likeness (QED) is 0.459. The van der Waals surface area contributed by atoms with Crippen molar-refractivity contribution in [1.82, 2.24) is 0 Å². The van der Waals surface area contributed by atoms with E-state index in [1.54, 1.807) is 0 Å². The molecule has 1 N–H and O–H groups in total. The van der Waals surface area contributed by atoms with Gasteiger partial charge in [0, 0.05) is 0 Å². The van der Waals surface area contributed by atoms with Crippen LogP contribution in [0.3, 0.4) is 0 Å². The Morgan fingerprint density at radius 1 is 0.667 bits per heavy atom. The maximum atomic E-state index is 11.0. The second-order valence-electron chi connectivity index (χ2n) is 10.1. The molecule has 0 bridgehead atoms. The molecule has 0 spiro atoms. The highest BCUT2D eigenvalue weighted by Gasteiger charge is 2.26. The van der Waals surface area contributed by atoms with Crippen molar-refractivity contribution in [2.24, 2.45) is 0 Å². The summed E-state index contributed by atoms with van der Waals surface area (Å²) in [4.78, 5) is 0. The summed E-state index contributed by atoms with van der Waals surface area (Å²) in [6.07, 6.45) is 2.10. The van der Waals surface area contributed by atoms with Crippen LogP contribution in [0.15, 0.2) is 72.8 Å². The molecule has 2 heteroatoms. The van der Waals surface area contributed by atoms with E-state index in [-0.39, 0.29) is 10.8 Å². The van der Waals surface area contributed by atoms with Crippen molar-refractivity contribution in [3.63, 3.8) is 0 Å². The number of phenolic OH excluding ortho intramolecular Hbond substituents is 1. The van der Waals surface area contributed by atoms with Gasteiger partial charge in [-0.25, -0.2) is 0 Å². The van der Waals surface area contributed by atoms with Gasteiger partial charge in [0.1, 0.15) is 5.75 Å². The number of hydrogen-bond donors (Lipinski definition) is 1. The van der Waals surface area contributed by atoms with E-state index in [1.165, 1.54) is 16.2 Å².